The Labute approximate surface area is 119 Å². The first-order valence-corrected chi connectivity index (χ1v) is 6.55. The van der Waals surface area contributed by atoms with Gasteiger partial charge in [-0.05, 0) is 12.1 Å². The van der Waals surface area contributed by atoms with Crippen LogP contribution in [0.25, 0.3) is 0 Å². The van der Waals surface area contributed by atoms with Gasteiger partial charge in [0.25, 0.3) is 5.91 Å². The van der Waals surface area contributed by atoms with Gasteiger partial charge in [-0.25, -0.2) is 4.98 Å². The van der Waals surface area contributed by atoms with Gasteiger partial charge >= 0.3 is 0 Å². The number of nitrogens with one attached hydrogen (secondary N) is 2. The Hall–Kier alpha value is -2.72. The Morgan fingerprint density at radius 3 is 2.80 bits per heavy atom. The standard InChI is InChI=1S/C13H10N4O2S/c14-6-5-11(18)16-10-4-2-1-3-9(10)12(19)17-13-15-7-8-20-13/h1-4,7-8H,5H2,(H,16,18)(H,15,17,19). The molecule has 1 aromatic carbocycles. The third kappa shape index (κ3) is 3.40. The van der Waals surface area contributed by atoms with Gasteiger partial charge in [0, 0.05) is 11.6 Å². The van der Waals surface area contributed by atoms with Crippen molar-refractivity contribution in [1.82, 2.24) is 4.98 Å². The van der Waals surface area contributed by atoms with Crippen LogP contribution in [0.5, 0.6) is 0 Å². The van der Waals surface area contributed by atoms with Gasteiger partial charge in [-0.15, -0.1) is 11.3 Å². The Bertz CT molecular complexity index is 661. The molecule has 0 bridgehead atoms. The van der Waals surface area contributed by atoms with E-state index in [1.165, 1.54) is 11.3 Å². The molecule has 0 aliphatic heterocycles. The predicted molar refractivity (Wildman–Crippen MR) is 75.4 cm³/mol. The Kier molecular flexibility index (Phi) is 4.42. The van der Waals surface area contributed by atoms with Gasteiger partial charge in [-0.1, -0.05) is 12.1 Å². The van der Waals surface area contributed by atoms with Crippen molar-refractivity contribution in [2.24, 2.45) is 0 Å². The first kappa shape index (κ1) is 13.7. The van der Waals surface area contributed by atoms with E-state index in [4.69, 9.17) is 5.26 Å². The Morgan fingerprint density at radius 2 is 2.10 bits per heavy atom. The molecule has 1 heterocycles. The van der Waals surface area contributed by atoms with Crippen LogP contribution in [-0.2, 0) is 4.79 Å². The van der Waals surface area contributed by atoms with Crippen LogP contribution in [0.3, 0.4) is 0 Å². The molecule has 0 atom stereocenters. The van der Waals surface area contributed by atoms with Gasteiger partial charge in [0.15, 0.2) is 5.13 Å². The summed E-state index contributed by atoms with van der Waals surface area (Å²) in [4.78, 5) is 27.5. The van der Waals surface area contributed by atoms with Crippen molar-refractivity contribution in [3.8, 4) is 6.07 Å². The fourth-order valence-corrected chi connectivity index (χ4v) is 2.03. The molecule has 2 N–H and O–H groups in total. The molecule has 0 aliphatic rings. The van der Waals surface area contributed by atoms with E-state index >= 15 is 0 Å². The average Bonchev–Trinajstić information content (AvgIpc) is 2.92. The maximum Gasteiger partial charge on any atom is 0.259 e. The lowest BCUT2D eigenvalue weighted by atomic mass is 10.1. The smallest absolute Gasteiger partial charge is 0.259 e. The normalized spacial score (nSPS) is 9.55. The number of amides is 2. The lowest BCUT2D eigenvalue weighted by molar-refractivity contribution is -0.115. The summed E-state index contributed by atoms with van der Waals surface area (Å²) in [5.41, 5.74) is 0.677. The highest BCUT2D eigenvalue weighted by atomic mass is 32.1. The van der Waals surface area contributed by atoms with Crippen molar-refractivity contribution in [2.75, 3.05) is 10.6 Å². The molecule has 20 heavy (non-hydrogen) atoms. The van der Waals surface area contributed by atoms with Crippen molar-refractivity contribution in [2.45, 2.75) is 6.42 Å². The number of hydrogen-bond acceptors (Lipinski definition) is 5. The molecule has 0 saturated carbocycles. The summed E-state index contributed by atoms with van der Waals surface area (Å²) in [5, 5.41) is 15.9. The van der Waals surface area contributed by atoms with E-state index in [2.05, 4.69) is 15.6 Å². The third-order valence-corrected chi connectivity index (χ3v) is 3.03. The van der Waals surface area contributed by atoms with E-state index in [1.807, 2.05) is 0 Å². The molecule has 0 saturated heterocycles. The number of carbonyl (C=O) groups excluding carboxylic acids is 2. The van der Waals surface area contributed by atoms with Crippen LogP contribution in [0.4, 0.5) is 10.8 Å². The number of nitriles is 1. The van der Waals surface area contributed by atoms with E-state index in [-0.39, 0.29) is 12.3 Å². The van der Waals surface area contributed by atoms with E-state index in [0.717, 1.165) is 0 Å². The maximum absolute atomic E-state index is 12.1. The molecular weight excluding hydrogens is 276 g/mol. The highest BCUT2D eigenvalue weighted by molar-refractivity contribution is 7.13. The van der Waals surface area contributed by atoms with Crippen LogP contribution < -0.4 is 10.6 Å². The lowest BCUT2D eigenvalue weighted by Gasteiger charge is -2.09. The number of carbonyl (C=O) groups is 2. The minimum atomic E-state index is -0.456. The van der Waals surface area contributed by atoms with Crippen molar-refractivity contribution in [3.63, 3.8) is 0 Å². The zero-order valence-electron chi connectivity index (χ0n) is 10.3. The molecule has 2 rings (SSSR count). The SMILES string of the molecule is N#CCC(=O)Nc1ccccc1C(=O)Nc1nccs1. The molecular formula is C13H10N4O2S. The summed E-state index contributed by atoms with van der Waals surface area (Å²) in [6.07, 6.45) is 1.32. The summed E-state index contributed by atoms with van der Waals surface area (Å²) in [6, 6.07) is 8.33. The second-order valence-corrected chi connectivity index (χ2v) is 4.61. The first-order valence-electron chi connectivity index (χ1n) is 5.67. The van der Waals surface area contributed by atoms with Crippen LogP contribution in [-0.4, -0.2) is 16.8 Å². The van der Waals surface area contributed by atoms with Crippen molar-refractivity contribution in [1.29, 1.82) is 5.26 Å². The van der Waals surface area contributed by atoms with Crippen molar-refractivity contribution >= 4 is 34.0 Å². The molecule has 2 aromatic rings. The van der Waals surface area contributed by atoms with Crippen LogP contribution in [0.1, 0.15) is 16.8 Å². The van der Waals surface area contributed by atoms with Gasteiger partial charge in [0.05, 0.1) is 17.3 Å². The second kappa shape index (κ2) is 6.45. The van der Waals surface area contributed by atoms with Crippen molar-refractivity contribution < 1.29 is 9.59 Å². The van der Waals surface area contributed by atoms with Crippen molar-refractivity contribution in [3.05, 3.63) is 41.4 Å². The minimum Gasteiger partial charge on any atom is -0.324 e. The molecule has 0 radical (unpaired) electrons. The van der Waals surface area contributed by atoms with E-state index in [9.17, 15) is 9.59 Å². The molecule has 0 unspecified atom stereocenters. The number of nitrogens with zero attached hydrogens (tertiary/aromatic N) is 2. The Morgan fingerprint density at radius 1 is 1.30 bits per heavy atom. The lowest BCUT2D eigenvalue weighted by Crippen LogP contribution is -2.17. The number of aromatic nitrogens is 1. The van der Waals surface area contributed by atoms with Crippen LogP contribution in [0, 0.1) is 11.3 Å². The summed E-state index contributed by atoms with van der Waals surface area (Å²) in [7, 11) is 0. The molecule has 7 heteroatoms. The third-order valence-electron chi connectivity index (χ3n) is 2.34. The first-order chi connectivity index (χ1) is 9.70. The van der Waals surface area contributed by atoms with Gasteiger partial charge in [-0.3, -0.25) is 14.9 Å². The molecule has 0 aliphatic carbocycles. The largest absolute Gasteiger partial charge is 0.324 e. The quantitative estimate of drug-likeness (QED) is 0.901. The van der Waals surface area contributed by atoms with Gasteiger partial charge < -0.3 is 5.32 Å². The van der Waals surface area contributed by atoms with E-state index in [0.29, 0.717) is 16.4 Å². The number of hydrogen-bond donors (Lipinski definition) is 2. The van der Waals surface area contributed by atoms with E-state index < -0.39 is 5.91 Å². The fraction of sp³-hybridized carbons (Fsp3) is 0.0769. The van der Waals surface area contributed by atoms with Gasteiger partial charge in [0.1, 0.15) is 6.42 Å². The summed E-state index contributed by atoms with van der Waals surface area (Å²) in [5.74, 6) is -0.824. The maximum atomic E-state index is 12.1. The van der Waals surface area contributed by atoms with Crippen LogP contribution in [0.2, 0.25) is 0 Å². The summed E-state index contributed by atoms with van der Waals surface area (Å²) in [6.45, 7) is 0. The average molecular weight is 286 g/mol. The second-order valence-electron chi connectivity index (χ2n) is 3.72. The highest BCUT2D eigenvalue weighted by Gasteiger charge is 2.13. The number of rotatable bonds is 4. The highest BCUT2D eigenvalue weighted by Crippen LogP contribution is 2.18. The Balaban J connectivity index is 2.17. The van der Waals surface area contributed by atoms with Gasteiger partial charge in [0.2, 0.25) is 5.91 Å². The molecule has 0 fully saturated rings. The van der Waals surface area contributed by atoms with Crippen LogP contribution >= 0.6 is 11.3 Å². The van der Waals surface area contributed by atoms with Gasteiger partial charge in [-0.2, -0.15) is 5.26 Å². The number of anilines is 2. The zero-order chi connectivity index (χ0) is 14.4. The topological polar surface area (TPSA) is 94.9 Å². The number of para-hydroxylation sites is 1. The van der Waals surface area contributed by atoms with Crippen LogP contribution in [0.15, 0.2) is 35.8 Å². The number of benzene rings is 1. The summed E-state index contributed by atoms with van der Waals surface area (Å²) >= 11 is 1.30. The summed E-state index contributed by atoms with van der Waals surface area (Å²) < 4.78 is 0. The van der Waals surface area contributed by atoms with E-state index in [1.54, 1.807) is 41.9 Å². The molecule has 1 aromatic heterocycles. The molecule has 100 valence electrons. The predicted octanol–water partition coefficient (Wildman–Crippen LogP) is 2.25. The zero-order valence-corrected chi connectivity index (χ0v) is 11.1. The number of thiazole rings is 1. The monoisotopic (exact) mass is 286 g/mol. The molecule has 2 amide bonds. The fourth-order valence-electron chi connectivity index (χ4n) is 1.51. The molecule has 0 spiro atoms. The molecule has 6 nitrogen and oxygen atoms in total. The minimum absolute atomic E-state index is 0.261.